The van der Waals surface area contributed by atoms with Crippen molar-refractivity contribution in [1.29, 1.82) is 0 Å². The van der Waals surface area contributed by atoms with Crippen molar-refractivity contribution in [2.45, 2.75) is 33.5 Å². The van der Waals surface area contributed by atoms with Gasteiger partial charge in [0.1, 0.15) is 13.2 Å². The molecule has 0 saturated carbocycles. The first-order valence-corrected chi connectivity index (χ1v) is 17.1. The smallest absolute Gasteiger partial charge is 0.330 e. The SMILES string of the molecule is C=CC(=O)OCC1=CSC(CSC(C)c2cccc(C(C)SCC3SC=C(COC(=O)C=C)S3)c2)S1. The van der Waals surface area contributed by atoms with E-state index in [1.165, 1.54) is 23.3 Å². The van der Waals surface area contributed by atoms with Crippen LogP contribution in [-0.4, -0.2) is 45.8 Å². The minimum atomic E-state index is -0.381. The number of esters is 2. The van der Waals surface area contributed by atoms with Crippen LogP contribution in [0.4, 0.5) is 0 Å². The molecule has 0 aromatic heterocycles. The zero-order valence-corrected chi connectivity index (χ0v) is 25.2. The molecule has 0 spiro atoms. The van der Waals surface area contributed by atoms with E-state index < -0.39 is 0 Å². The number of ether oxygens (including phenoxy) is 2. The molecular formula is C26H30O4S6. The summed E-state index contributed by atoms with van der Waals surface area (Å²) in [4.78, 5) is 24.7. The fourth-order valence-corrected chi connectivity index (χ4v) is 10.8. The standard InChI is InChI=1S/C26H30O4S6/c1-5-23(27)29-11-21-13-33-25(35-21)15-31-17(3)19-8-7-9-20(10-19)18(4)32-16-26-34-14-22(36-26)12-30-24(28)6-2/h5-10,13-14,17-18,25-26H,1-2,11-12,15-16H2,3-4H3. The van der Waals surface area contributed by atoms with E-state index in [-0.39, 0.29) is 11.9 Å². The third-order valence-corrected chi connectivity index (χ3v) is 13.8. The lowest BCUT2D eigenvalue weighted by Gasteiger charge is -2.18. The minimum absolute atomic E-state index is 0.328. The van der Waals surface area contributed by atoms with Gasteiger partial charge in [0.15, 0.2) is 0 Å². The Morgan fingerprint density at radius 2 is 1.33 bits per heavy atom. The van der Waals surface area contributed by atoms with E-state index in [1.807, 2.05) is 23.5 Å². The Kier molecular flexibility index (Phi) is 12.9. The van der Waals surface area contributed by atoms with Gasteiger partial charge in [0.25, 0.3) is 0 Å². The summed E-state index contributed by atoms with van der Waals surface area (Å²) < 4.78 is 11.2. The molecule has 4 unspecified atom stereocenters. The van der Waals surface area contributed by atoms with Crippen LogP contribution in [0, 0.1) is 0 Å². The van der Waals surface area contributed by atoms with Crippen LogP contribution >= 0.6 is 70.6 Å². The highest BCUT2D eigenvalue weighted by Crippen LogP contribution is 2.45. The summed E-state index contributed by atoms with van der Waals surface area (Å²) in [7, 11) is 0. The summed E-state index contributed by atoms with van der Waals surface area (Å²) in [5, 5.41) is 5.00. The van der Waals surface area contributed by atoms with Gasteiger partial charge in [-0.15, -0.1) is 47.0 Å². The molecule has 0 saturated heterocycles. The Labute approximate surface area is 239 Å². The van der Waals surface area contributed by atoms with Gasteiger partial charge in [-0.3, -0.25) is 0 Å². The Morgan fingerprint density at radius 3 is 1.75 bits per heavy atom. The average molecular weight is 599 g/mol. The molecule has 1 aromatic rings. The Bertz CT molecular complexity index is 933. The largest absolute Gasteiger partial charge is 0.457 e. The number of hydrogen-bond acceptors (Lipinski definition) is 10. The highest BCUT2D eigenvalue weighted by atomic mass is 32.2. The van der Waals surface area contributed by atoms with E-state index in [2.05, 4.69) is 62.1 Å². The molecule has 0 N–H and O–H groups in total. The molecule has 0 amide bonds. The van der Waals surface area contributed by atoms with Crippen LogP contribution in [0.5, 0.6) is 0 Å². The average Bonchev–Trinajstić information content (AvgIpc) is 3.56. The van der Waals surface area contributed by atoms with Gasteiger partial charge in [-0.05, 0) is 35.8 Å². The van der Waals surface area contributed by atoms with E-state index in [4.69, 9.17) is 9.47 Å². The number of rotatable bonds is 14. The Morgan fingerprint density at radius 1 is 0.889 bits per heavy atom. The summed E-state index contributed by atoms with van der Waals surface area (Å²) in [5.41, 5.74) is 2.70. The second-order valence-corrected chi connectivity index (χ2v) is 15.9. The summed E-state index contributed by atoms with van der Waals surface area (Å²) in [6, 6.07) is 8.94. The predicted molar refractivity (Wildman–Crippen MR) is 165 cm³/mol. The quantitative estimate of drug-likeness (QED) is 0.155. The molecule has 2 heterocycles. The van der Waals surface area contributed by atoms with Crippen molar-refractivity contribution in [3.63, 3.8) is 0 Å². The molecule has 0 radical (unpaired) electrons. The van der Waals surface area contributed by atoms with Crippen LogP contribution in [0.25, 0.3) is 0 Å². The third-order valence-electron chi connectivity index (χ3n) is 5.13. The lowest BCUT2D eigenvalue weighted by atomic mass is 10.1. The van der Waals surface area contributed by atoms with Gasteiger partial charge in [0, 0.05) is 44.0 Å². The summed E-state index contributed by atoms with van der Waals surface area (Å²) in [6.07, 6.45) is 2.39. The first-order valence-electron chi connectivity index (χ1n) is 11.3. The lowest BCUT2D eigenvalue weighted by molar-refractivity contribution is -0.137. The first kappa shape index (κ1) is 29.8. The molecule has 194 valence electrons. The highest BCUT2D eigenvalue weighted by Gasteiger charge is 2.23. The van der Waals surface area contributed by atoms with Crippen LogP contribution in [0.1, 0.15) is 35.5 Å². The van der Waals surface area contributed by atoms with Gasteiger partial charge >= 0.3 is 11.9 Å². The second-order valence-electron chi connectivity index (χ2n) is 7.78. The monoisotopic (exact) mass is 598 g/mol. The van der Waals surface area contributed by atoms with Crippen molar-refractivity contribution in [1.82, 2.24) is 0 Å². The van der Waals surface area contributed by atoms with Crippen molar-refractivity contribution in [2.75, 3.05) is 24.7 Å². The maximum atomic E-state index is 11.3. The van der Waals surface area contributed by atoms with Crippen molar-refractivity contribution in [2.24, 2.45) is 0 Å². The summed E-state index contributed by atoms with van der Waals surface area (Å²) in [6.45, 7) is 12.1. The molecular weight excluding hydrogens is 569 g/mol. The molecule has 4 nitrogen and oxygen atoms in total. The molecule has 10 heteroatoms. The van der Waals surface area contributed by atoms with E-state index in [1.54, 1.807) is 47.0 Å². The molecule has 0 bridgehead atoms. The maximum Gasteiger partial charge on any atom is 0.330 e. The topological polar surface area (TPSA) is 52.6 Å². The van der Waals surface area contributed by atoms with Crippen LogP contribution < -0.4 is 0 Å². The zero-order chi connectivity index (χ0) is 25.9. The van der Waals surface area contributed by atoms with E-state index in [9.17, 15) is 9.59 Å². The molecule has 1 aromatic carbocycles. The fourth-order valence-electron chi connectivity index (χ4n) is 3.14. The molecule has 0 aliphatic carbocycles. The summed E-state index contributed by atoms with van der Waals surface area (Å²) >= 11 is 11.1. The molecule has 4 atom stereocenters. The molecule has 2 aliphatic rings. The van der Waals surface area contributed by atoms with Crippen molar-refractivity contribution >= 4 is 82.5 Å². The third kappa shape index (κ3) is 9.83. The Balaban J connectivity index is 1.39. The number of benzene rings is 1. The highest BCUT2D eigenvalue weighted by molar-refractivity contribution is 8.24. The minimum Gasteiger partial charge on any atom is -0.457 e. The molecule has 2 aliphatic heterocycles. The normalized spacial score (nSPS) is 20.7. The number of carbonyl (C=O) groups excluding carboxylic acids is 2. The first-order chi connectivity index (χ1) is 17.4. The van der Waals surface area contributed by atoms with Gasteiger partial charge in [-0.25, -0.2) is 9.59 Å². The van der Waals surface area contributed by atoms with E-state index in [0.29, 0.717) is 32.9 Å². The zero-order valence-electron chi connectivity index (χ0n) is 20.3. The van der Waals surface area contributed by atoms with Crippen LogP contribution in [0.15, 0.2) is 70.2 Å². The number of hydrogen-bond donors (Lipinski definition) is 0. The van der Waals surface area contributed by atoms with E-state index >= 15 is 0 Å². The van der Waals surface area contributed by atoms with Crippen molar-refractivity contribution < 1.29 is 19.1 Å². The van der Waals surface area contributed by atoms with Crippen molar-refractivity contribution in [3.8, 4) is 0 Å². The Hall–Kier alpha value is -0.780. The molecule has 0 fully saturated rings. The fraction of sp³-hybridized carbons (Fsp3) is 0.385. The van der Waals surface area contributed by atoms with Gasteiger partial charge in [0.05, 0.1) is 9.16 Å². The van der Waals surface area contributed by atoms with Gasteiger partial charge in [-0.2, -0.15) is 23.5 Å². The van der Waals surface area contributed by atoms with Gasteiger partial charge in [0.2, 0.25) is 0 Å². The molecule has 3 rings (SSSR count). The lowest BCUT2D eigenvalue weighted by Crippen LogP contribution is -2.04. The number of carbonyl (C=O) groups is 2. The van der Waals surface area contributed by atoms with Crippen LogP contribution in [-0.2, 0) is 19.1 Å². The second kappa shape index (κ2) is 15.6. The van der Waals surface area contributed by atoms with Crippen LogP contribution in [0.2, 0.25) is 0 Å². The van der Waals surface area contributed by atoms with Gasteiger partial charge in [-0.1, -0.05) is 37.4 Å². The van der Waals surface area contributed by atoms with Gasteiger partial charge < -0.3 is 9.47 Å². The van der Waals surface area contributed by atoms with Crippen LogP contribution in [0.3, 0.4) is 0 Å². The molecule has 36 heavy (non-hydrogen) atoms. The van der Waals surface area contributed by atoms with E-state index in [0.717, 1.165) is 21.3 Å². The number of thioether (sulfide) groups is 6. The summed E-state index contributed by atoms with van der Waals surface area (Å²) in [5.74, 6) is 1.28. The predicted octanol–water partition coefficient (Wildman–Crippen LogP) is 8.03. The van der Waals surface area contributed by atoms with Crippen molar-refractivity contribution in [3.05, 3.63) is 81.3 Å². The maximum absolute atomic E-state index is 11.3.